The van der Waals surface area contributed by atoms with Crippen molar-refractivity contribution in [1.29, 1.82) is 0 Å². The average Bonchev–Trinajstić information content (AvgIpc) is 2.56. The van der Waals surface area contributed by atoms with Crippen LogP contribution in [0.1, 0.15) is 33.1 Å². The highest BCUT2D eigenvalue weighted by molar-refractivity contribution is 5.93. The second-order valence-corrected chi connectivity index (χ2v) is 6.31. The number of carbonyl (C=O) groups excluding carboxylic acids is 1. The number of fused-ring (bicyclic) bond motifs is 1. The van der Waals surface area contributed by atoms with E-state index < -0.39 is 5.63 Å². The summed E-state index contributed by atoms with van der Waals surface area (Å²) in [5, 5.41) is 3.33. The Bertz CT molecular complexity index is 835. The molecule has 5 heteroatoms. The van der Waals surface area contributed by atoms with Crippen LogP contribution in [0.3, 0.4) is 0 Å². The third-order valence-corrected chi connectivity index (χ3v) is 3.99. The summed E-state index contributed by atoms with van der Waals surface area (Å²) >= 11 is 0. The van der Waals surface area contributed by atoms with Crippen LogP contribution in [0.15, 0.2) is 45.6 Å². The van der Waals surface area contributed by atoms with E-state index in [9.17, 15) is 9.59 Å². The number of nitrogens with one attached hydrogen (secondary N) is 1. The van der Waals surface area contributed by atoms with Gasteiger partial charge in [0.05, 0.1) is 0 Å². The molecule has 0 saturated carbocycles. The van der Waals surface area contributed by atoms with Gasteiger partial charge < -0.3 is 14.5 Å². The van der Waals surface area contributed by atoms with Gasteiger partial charge in [0.15, 0.2) is 0 Å². The van der Waals surface area contributed by atoms with Crippen molar-refractivity contribution in [3.63, 3.8) is 0 Å². The van der Waals surface area contributed by atoms with Gasteiger partial charge in [-0.3, -0.25) is 4.79 Å². The molecule has 1 N–H and O–H groups in total. The molecule has 3 rings (SSSR count). The Balaban J connectivity index is 1.85. The van der Waals surface area contributed by atoms with Gasteiger partial charge in [-0.05, 0) is 43.5 Å². The summed E-state index contributed by atoms with van der Waals surface area (Å²) in [5.41, 5.74) is 0.0381. The van der Waals surface area contributed by atoms with E-state index in [4.69, 9.17) is 9.15 Å². The molecule has 0 radical (unpaired) electrons. The van der Waals surface area contributed by atoms with E-state index in [-0.39, 0.29) is 23.6 Å². The molecule has 126 valence electrons. The molecule has 0 spiro atoms. The van der Waals surface area contributed by atoms with E-state index >= 15 is 0 Å². The lowest BCUT2D eigenvalue weighted by atomic mass is 10.1. The summed E-state index contributed by atoms with van der Waals surface area (Å²) in [7, 11) is 0. The van der Waals surface area contributed by atoms with Crippen LogP contribution in [-0.2, 0) is 4.79 Å². The maximum Gasteiger partial charge on any atom is 0.360 e. The molecule has 0 bridgehead atoms. The fourth-order valence-corrected chi connectivity index (χ4v) is 2.58. The van der Waals surface area contributed by atoms with E-state index in [0.29, 0.717) is 11.3 Å². The normalized spacial score (nSPS) is 17.2. The highest BCUT2D eigenvalue weighted by Crippen LogP contribution is 2.24. The molecule has 1 aromatic heterocycles. The topological polar surface area (TPSA) is 68.5 Å². The Morgan fingerprint density at radius 3 is 2.88 bits per heavy atom. The number of benzene rings is 1. The molecular weight excluding hydrogens is 306 g/mol. The molecule has 24 heavy (non-hydrogen) atoms. The van der Waals surface area contributed by atoms with Crippen LogP contribution >= 0.6 is 0 Å². The Morgan fingerprint density at radius 1 is 1.33 bits per heavy atom. The Hall–Kier alpha value is -2.56. The molecule has 1 aromatic carbocycles. The summed E-state index contributed by atoms with van der Waals surface area (Å²) in [5.74, 6) is 0.242. The number of rotatable bonds is 4. The fourth-order valence-electron chi connectivity index (χ4n) is 2.58. The number of amides is 1. The highest BCUT2D eigenvalue weighted by atomic mass is 16.5. The van der Waals surface area contributed by atoms with Crippen LogP contribution < -0.4 is 15.7 Å². The number of allylic oxidation sites excluding steroid dienone is 1. The maximum atomic E-state index is 12.1. The van der Waals surface area contributed by atoms with Gasteiger partial charge >= 0.3 is 5.63 Å². The zero-order chi connectivity index (χ0) is 17.1. The molecular formula is C19H21NO4. The fraction of sp³-hybridized carbons (Fsp3) is 0.368. The summed E-state index contributed by atoms with van der Waals surface area (Å²) < 4.78 is 11.2. The summed E-state index contributed by atoms with van der Waals surface area (Å²) in [6, 6.07) is 7.02. The average molecular weight is 327 g/mol. The van der Waals surface area contributed by atoms with Crippen molar-refractivity contribution < 1.29 is 13.9 Å². The van der Waals surface area contributed by atoms with Gasteiger partial charge in [0.25, 0.3) is 0 Å². The minimum atomic E-state index is -0.564. The summed E-state index contributed by atoms with van der Waals surface area (Å²) in [6.45, 7) is 3.53. The summed E-state index contributed by atoms with van der Waals surface area (Å²) in [6.07, 6.45) is 7.44. The largest absolute Gasteiger partial charge is 0.486 e. The second kappa shape index (κ2) is 6.91. The van der Waals surface area contributed by atoms with Gasteiger partial charge in [-0.15, -0.1) is 0 Å². The maximum absolute atomic E-state index is 12.1. The lowest BCUT2D eigenvalue weighted by Gasteiger charge is -2.18. The van der Waals surface area contributed by atoms with Crippen molar-refractivity contribution in [1.82, 2.24) is 0 Å². The predicted molar refractivity (Wildman–Crippen MR) is 93.4 cm³/mol. The lowest BCUT2D eigenvalue weighted by Crippen LogP contribution is -2.21. The van der Waals surface area contributed by atoms with Gasteiger partial charge in [0.2, 0.25) is 5.91 Å². The van der Waals surface area contributed by atoms with Crippen molar-refractivity contribution in [2.24, 2.45) is 5.92 Å². The van der Waals surface area contributed by atoms with Crippen LogP contribution in [0.5, 0.6) is 5.75 Å². The Kier molecular flexibility index (Phi) is 4.69. The van der Waals surface area contributed by atoms with Crippen molar-refractivity contribution >= 4 is 22.6 Å². The molecule has 0 aliphatic heterocycles. The van der Waals surface area contributed by atoms with Crippen molar-refractivity contribution in [3.05, 3.63) is 46.8 Å². The van der Waals surface area contributed by atoms with Gasteiger partial charge in [0.1, 0.15) is 23.1 Å². The van der Waals surface area contributed by atoms with Gasteiger partial charge in [-0.1, -0.05) is 19.9 Å². The molecule has 1 amide bonds. The van der Waals surface area contributed by atoms with E-state index in [2.05, 4.69) is 17.5 Å². The molecule has 1 heterocycles. The minimum Gasteiger partial charge on any atom is -0.486 e. The Morgan fingerprint density at radius 2 is 2.17 bits per heavy atom. The molecule has 0 saturated heterocycles. The van der Waals surface area contributed by atoms with Crippen LogP contribution in [0, 0.1) is 5.92 Å². The SMILES string of the molecule is CC(C)C(=O)Nc1cc2ccc(OC3C=CCCC3)cc2oc1=O. The van der Waals surface area contributed by atoms with E-state index in [0.717, 1.165) is 24.6 Å². The molecule has 0 fully saturated rings. The molecule has 1 atom stereocenters. The minimum absolute atomic E-state index is 0.0625. The number of carbonyl (C=O) groups is 1. The molecule has 1 unspecified atom stereocenters. The molecule has 1 aliphatic carbocycles. The monoisotopic (exact) mass is 327 g/mol. The first-order valence-corrected chi connectivity index (χ1v) is 8.25. The lowest BCUT2D eigenvalue weighted by molar-refractivity contribution is -0.118. The third kappa shape index (κ3) is 3.67. The first-order valence-electron chi connectivity index (χ1n) is 8.25. The van der Waals surface area contributed by atoms with E-state index in [1.54, 1.807) is 26.0 Å². The number of hydrogen-bond donors (Lipinski definition) is 1. The first kappa shape index (κ1) is 16.3. The zero-order valence-electron chi connectivity index (χ0n) is 13.9. The van der Waals surface area contributed by atoms with Crippen molar-refractivity contribution in [3.8, 4) is 5.75 Å². The standard InChI is InChI=1S/C19H21NO4/c1-12(2)18(21)20-16-10-13-8-9-15(11-17(13)24-19(16)22)23-14-6-4-3-5-7-14/h4,6,8-12,14H,3,5,7H2,1-2H3,(H,20,21). The van der Waals surface area contributed by atoms with Crippen LogP contribution in [-0.4, -0.2) is 12.0 Å². The second-order valence-electron chi connectivity index (χ2n) is 6.31. The van der Waals surface area contributed by atoms with Crippen LogP contribution in [0.4, 0.5) is 5.69 Å². The van der Waals surface area contributed by atoms with E-state index in [1.165, 1.54) is 0 Å². The quantitative estimate of drug-likeness (QED) is 0.683. The zero-order valence-corrected chi connectivity index (χ0v) is 13.9. The number of ether oxygens (including phenoxy) is 1. The van der Waals surface area contributed by atoms with Crippen molar-refractivity contribution in [2.45, 2.75) is 39.2 Å². The third-order valence-electron chi connectivity index (χ3n) is 3.99. The smallest absolute Gasteiger partial charge is 0.360 e. The van der Waals surface area contributed by atoms with Crippen LogP contribution in [0.2, 0.25) is 0 Å². The molecule has 1 aliphatic rings. The summed E-state index contributed by atoms with van der Waals surface area (Å²) in [4.78, 5) is 23.8. The predicted octanol–water partition coefficient (Wildman–Crippen LogP) is 3.88. The number of hydrogen-bond acceptors (Lipinski definition) is 4. The van der Waals surface area contributed by atoms with Gasteiger partial charge in [-0.2, -0.15) is 0 Å². The molecule has 5 nitrogen and oxygen atoms in total. The molecule has 2 aromatic rings. The van der Waals surface area contributed by atoms with E-state index in [1.807, 2.05) is 12.1 Å². The van der Waals surface area contributed by atoms with Gasteiger partial charge in [-0.25, -0.2) is 4.79 Å². The first-order chi connectivity index (χ1) is 11.5. The highest BCUT2D eigenvalue weighted by Gasteiger charge is 2.14. The van der Waals surface area contributed by atoms with Crippen LogP contribution in [0.25, 0.3) is 11.0 Å². The Labute approximate surface area is 140 Å². The van der Waals surface area contributed by atoms with Gasteiger partial charge in [0, 0.05) is 17.4 Å². The van der Waals surface area contributed by atoms with Crippen molar-refractivity contribution in [2.75, 3.05) is 5.32 Å². The number of anilines is 1.